The van der Waals surface area contributed by atoms with Gasteiger partial charge >= 0.3 is 6.18 Å². The Bertz CT molecular complexity index is 886. The monoisotopic (exact) mass is 451 g/mol. The summed E-state index contributed by atoms with van der Waals surface area (Å²) in [6.45, 7) is 0.737. The van der Waals surface area contributed by atoms with Gasteiger partial charge in [-0.15, -0.1) is 0 Å². The quantitative estimate of drug-likeness (QED) is 0.543. The first kappa shape index (κ1) is 23.7. The SMILES string of the molecule is CCCCC1CCC(Nc2nccc(C(=O)Nc3cnccc3OCC(F)(F)F)n2)CC1. The van der Waals surface area contributed by atoms with E-state index in [-0.39, 0.29) is 23.2 Å². The van der Waals surface area contributed by atoms with Gasteiger partial charge in [-0.05, 0) is 37.7 Å². The van der Waals surface area contributed by atoms with Crippen LogP contribution >= 0.6 is 0 Å². The molecule has 0 radical (unpaired) electrons. The van der Waals surface area contributed by atoms with Crippen LogP contribution in [-0.4, -0.2) is 39.7 Å². The molecule has 2 N–H and O–H groups in total. The maximum Gasteiger partial charge on any atom is 0.422 e. The lowest BCUT2D eigenvalue weighted by atomic mass is 9.83. The van der Waals surface area contributed by atoms with E-state index in [1.54, 1.807) is 0 Å². The van der Waals surface area contributed by atoms with Crippen molar-refractivity contribution >= 4 is 17.5 Å². The van der Waals surface area contributed by atoms with Crippen molar-refractivity contribution in [2.75, 3.05) is 17.2 Å². The molecule has 0 saturated heterocycles. The normalized spacial score (nSPS) is 18.8. The molecule has 0 aliphatic heterocycles. The van der Waals surface area contributed by atoms with E-state index >= 15 is 0 Å². The molecule has 0 aromatic carbocycles. The van der Waals surface area contributed by atoms with Crippen molar-refractivity contribution in [3.05, 3.63) is 36.4 Å². The molecule has 2 aromatic rings. The summed E-state index contributed by atoms with van der Waals surface area (Å²) in [6, 6.07) is 2.95. The second-order valence-corrected chi connectivity index (χ2v) is 8.00. The van der Waals surface area contributed by atoms with E-state index < -0.39 is 18.7 Å². The van der Waals surface area contributed by atoms with Crippen LogP contribution in [0.1, 0.15) is 62.4 Å². The Kier molecular flexibility index (Phi) is 8.24. The van der Waals surface area contributed by atoms with Gasteiger partial charge in [-0.1, -0.05) is 26.2 Å². The van der Waals surface area contributed by atoms with Gasteiger partial charge in [-0.3, -0.25) is 9.78 Å². The maximum absolute atomic E-state index is 12.6. The summed E-state index contributed by atoms with van der Waals surface area (Å²) in [5.41, 5.74) is 0.116. The van der Waals surface area contributed by atoms with E-state index in [0.29, 0.717) is 5.95 Å². The van der Waals surface area contributed by atoms with Crippen molar-refractivity contribution < 1.29 is 22.7 Å². The molecule has 3 rings (SSSR count). The molecule has 1 amide bonds. The minimum atomic E-state index is -4.49. The van der Waals surface area contributed by atoms with Gasteiger partial charge in [0.1, 0.15) is 17.1 Å². The van der Waals surface area contributed by atoms with E-state index in [2.05, 4.69) is 32.5 Å². The number of carbonyl (C=O) groups excluding carboxylic acids is 1. The molecule has 1 saturated carbocycles. The molecular formula is C22H28F3N5O2. The van der Waals surface area contributed by atoms with Crippen molar-refractivity contribution in [2.24, 2.45) is 5.92 Å². The number of unbranched alkanes of at least 4 members (excludes halogenated alkanes) is 1. The first-order valence-electron chi connectivity index (χ1n) is 10.9. The van der Waals surface area contributed by atoms with Gasteiger partial charge in [-0.2, -0.15) is 13.2 Å². The zero-order chi connectivity index (χ0) is 23.0. The summed E-state index contributed by atoms with van der Waals surface area (Å²) in [5.74, 6) is 0.412. The van der Waals surface area contributed by atoms with E-state index in [4.69, 9.17) is 4.74 Å². The third-order valence-corrected chi connectivity index (χ3v) is 5.45. The van der Waals surface area contributed by atoms with Crippen LogP contribution in [0.4, 0.5) is 24.8 Å². The third-order valence-electron chi connectivity index (χ3n) is 5.45. The number of hydrogen-bond acceptors (Lipinski definition) is 6. The Hall–Kier alpha value is -2.91. The fourth-order valence-electron chi connectivity index (χ4n) is 3.77. The molecule has 0 bridgehead atoms. The molecule has 1 aliphatic carbocycles. The third kappa shape index (κ3) is 7.35. The number of hydrogen-bond donors (Lipinski definition) is 2. The van der Waals surface area contributed by atoms with Gasteiger partial charge in [0.2, 0.25) is 5.95 Å². The number of nitrogens with one attached hydrogen (secondary N) is 2. The highest BCUT2D eigenvalue weighted by molar-refractivity contribution is 6.03. The van der Waals surface area contributed by atoms with E-state index in [1.807, 2.05) is 0 Å². The highest BCUT2D eigenvalue weighted by Gasteiger charge is 2.29. The molecule has 174 valence electrons. The second-order valence-electron chi connectivity index (χ2n) is 8.00. The summed E-state index contributed by atoms with van der Waals surface area (Å²) in [6.07, 6.45) is 7.64. The van der Waals surface area contributed by atoms with Crippen LogP contribution in [-0.2, 0) is 0 Å². The number of anilines is 2. The van der Waals surface area contributed by atoms with Gasteiger partial charge < -0.3 is 15.4 Å². The van der Waals surface area contributed by atoms with Crippen LogP contribution in [0.5, 0.6) is 5.75 Å². The predicted molar refractivity (Wildman–Crippen MR) is 115 cm³/mol. The van der Waals surface area contributed by atoms with Crippen LogP contribution in [0.25, 0.3) is 0 Å². The first-order chi connectivity index (χ1) is 15.3. The molecule has 2 heterocycles. The summed E-state index contributed by atoms with van der Waals surface area (Å²) >= 11 is 0. The Labute approximate surface area is 185 Å². The Balaban J connectivity index is 1.58. The zero-order valence-corrected chi connectivity index (χ0v) is 18.0. The number of aromatic nitrogens is 3. The van der Waals surface area contributed by atoms with Crippen LogP contribution in [0.2, 0.25) is 0 Å². The standard InChI is InChI=1S/C22H28F3N5O2/c1-2-3-4-15-5-7-16(8-6-15)28-21-27-12-9-17(30-21)20(31)29-18-13-26-11-10-19(18)32-14-22(23,24)25/h9-13,15-16H,2-8,14H2,1H3,(H,29,31)(H,27,28,30). The van der Waals surface area contributed by atoms with Crippen molar-refractivity contribution in [1.82, 2.24) is 15.0 Å². The maximum atomic E-state index is 12.6. The number of ether oxygens (including phenoxy) is 1. The average molecular weight is 451 g/mol. The lowest BCUT2D eigenvalue weighted by Gasteiger charge is -2.29. The number of halogens is 3. The Morgan fingerprint density at radius 2 is 1.97 bits per heavy atom. The average Bonchev–Trinajstić information content (AvgIpc) is 2.77. The second kappa shape index (κ2) is 11.1. The number of pyridine rings is 1. The summed E-state index contributed by atoms with van der Waals surface area (Å²) in [7, 11) is 0. The number of nitrogens with zero attached hydrogens (tertiary/aromatic N) is 3. The van der Waals surface area contributed by atoms with Crippen molar-refractivity contribution in [3.8, 4) is 5.75 Å². The van der Waals surface area contributed by atoms with Crippen LogP contribution in [0.15, 0.2) is 30.7 Å². The number of rotatable bonds is 9. The lowest BCUT2D eigenvalue weighted by molar-refractivity contribution is -0.153. The van der Waals surface area contributed by atoms with E-state index in [0.717, 1.165) is 18.8 Å². The number of amides is 1. The largest absolute Gasteiger partial charge is 0.482 e. The Morgan fingerprint density at radius 3 is 2.69 bits per heavy atom. The van der Waals surface area contributed by atoms with E-state index in [1.165, 1.54) is 62.8 Å². The lowest BCUT2D eigenvalue weighted by Crippen LogP contribution is -2.27. The van der Waals surface area contributed by atoms with Crippen molar-refractivity contribution in [1.29, 1.82) is 0 Å². The summed E-state index contributed by atoms with van der Waals surface area (Å²) < 4.78 is 42.2. The Morgan fingerprint density at radius 1 is 1.19 bits per heavy atom. The van der Waals surface area contributed by atoms with Gasteiger partial charge in [0.25, 0.3) is 5.91 Å². The molecule has 2 aromatic heterocycles. The van der Waals surface area contributed by atoms with Crippen LogP contribution < -0.4 is 15.4 Å². The first-order valence-corrected chi connectivity index (χ1v) is 10.9. The molecule has 0 atom stereocenters. The molecule has 7 nitrogen and oxygen atoms in total. The van der Waals surface area contributed by atoms with Gasteiger partial charge in [-0.25, -0.2) is 9.97 Å². The van der Waals surface area contributed by atoms with Gasteiger partial charge in [0, 0.05) is 24.5 Å². The van der Waals surface area contributed by atoms with Crippen LogP contribution in [0.3, 0.4) is 0 Å². The molecule has 10 heteroatoms. The summed E-state index contributed by atoms with van der Waals surface area (Å²) in [5, 5.41) is 5.81. The minimum absolute atomic E-state index is 0.0280. The zero-order valence-electron chi connectivity index (χ0n) is 18.0. The molecule has 1 fully saturated rings. The smallest absolute Gasteiger partial charge is 0.422 e. The topological polar surface area (TPSA) is 89.0 Å². The summed E-state index contributed by atoms with van der Waals surface area (Å²) in [4.78, 5) is 24.9. The highest BCUT2D eigenvalue weighted by atomic mass is 19.4. The van der Waals surface area contributed by atoms with Gasteiger partial charge in [0.15, 0.2) is 6.61 Å². The molecule has 0 unspecified atom stereocenters. The molecular weight excluding hydrogens is 423 g/mol. The number of alkyl halides is 3. The van der Waals surface area contributed by atoms with Crippen LogP contribution in [0, 0.1) is 5.92 Å². The molecule has 0 spiro atoms. The minimum Gasteiger partial charge on any atom is -0.482 e. The fourth-order valence-corrected chi connectivity index (χ4v) is 3.77. The fraction of sp³-hybridized carbons (Fsp3) is 0.545. The van der Waals surface area contributed by atoms with E-state index in [9.17, 15) is 18.0 Å². The number of carbonyl (C=O) groups is 1. The van der Waals surface area contributed by atoms with Crippen molar-refractivity contribution in [3.63, 3.8) is 0 Å². The molecule has 1 aliphatic rings. The highest BCUT2D eigenvalue weighted by Crippen LogP contribution is 2.29. The molecule has 32 heavy (non-hydrogen) atoms. The van der Waals surface area contributed by atoms with Crippen molar-refractivity contribution in [2.45, 2.75) is 64.1 Å². The predicted octanol–water partition coefficient (Wildman–Crippen LogP) is 5.23. The van der Waals surface area contributed by atoms with Gasteiger partial charge in [0.05, 0.1) is 6.20 Å².